The Kier molecular flexibility index (Phi) is 8.38. The van der Waals surface area contributed by atoms with Crippen molar-refractivity contribution in [1.29, 1.82) is 0 Å². The van der Waals surface area contributed by atoms with Crippen LogP contribution in [0.1, 0.15) is 60.3 Å². The van der Waals surface area contributed by atoms with E-state index in [4.69, 9.17) is 9.47 Å². The number of methoxy groups -OCH3 is 2. The molecule has 4 rings (SSSR count). The van der Waals surface area contributed by atoms with E-state index < -0.39 is 24.0 Å². The van der Waals surface area contributed by atoms with E-state index in [1.807, 2.05) is 54.6 Å². The fraction of sp³-hybridized carbons (Fsp3) is 0.344. The van der Waals surface area contributed by atoms with Crippen LogP contribution in [0, 0.1) is 5.92 Å². The number of likely N-dealkylation sites (tertiary alicyclic amines) is 1. The maximum Gasteiger partial charge on any atom is 0.311 e. The summed E-state index contributed by atoms with van der Waals surface area (Å²) in [7, 11) is 2.93. The van der Waals surface area contributed by atoms with Gasteiger partial charge in [0, 0.05) is 12.1 Å². The van der Waals surface area contributed by atoms with Gasteiger partial charge in [0.25, 0.3) is 5.91 Å². The normalized spacial score (nSPS) is 18.9. The maximum absolute atomic E-state index is 14.0. The van der Waals surface area contributed by atoms with Crippen molar-refractivity contribution < 1.29 is 23.9 Å². The summed E-state index contributed by atoms with van der Waals surface area (Å²) in [6.07, 6.45) is 0.158. The highest BCUT2D eigenvalue weighted by molar-refractivity contribution is 5.99. The first-order valence-electron chi connectivity index (χ1n) is 13.1. The van der Waals surface area contributed by atoms with E-state index in [1.165, 1.54) is 7.11 Å². The summed E-state index contributed by atoms with van der Waals surface area (Å²) in [6.45, 7) is 6.66. The number of nitrogens with one attached hydrogen (secondary N) is 1. The number of hydrogen-bond donors (Lipinski definition) is 1. The minimum atomic E-state index is -0.854. The average Bonchev–Trinajstić information content (AvgIpc) is 3.36. The second-order valence-electron chi connectivity index (χ2n) is 10.8. The molecule has 1 heterocycles. The van der Waals surface area contributed by atoms with Gasteiger partial charge in [0.15, 0.2) is 0 Å². The number of nitrogens with zero attached hydrogens (tertiary/aromatic N) is 1. The van der Waals surface area contributed by atoms with Gasteiger partial charge in [-0.1, -0.05) is 75.4 Å². The van der Waals surface area contributed by atoms with Crippen molar-refractivity contribution in [2.45, 2.75) is 51.2 Å². The summed E-state index contributed by atoms with van der Waals surface area (Å²) >= 11 is 0. The van der Waals surface area contributed by atoms with E-state index in [9.17, 15) is 14.4 Å². The van der Waals surface area contributed by atoms with Crippen LogP contribution < -0.4 is 10.1 Å². The van der Waals surface area contributed by atoms with Crippen LogP contribution in [0.5, 0.6) is 5.75 Å². The molecule has 0 saturated carbocycles. The predicted octanol–water partition coefficient (Wildman–Crippen LogP) is 5.05. The Bertz CT molecular complexity index is 1300. The van der Waals surface area contributed by atoms with Crippen molar-refractivity contribution in [3.05, 3.63) is 101 Å². The second kappa shape index (κ2) is 11.7. The van der Waals surface area contributed by atoms with Crippen molar-refractivity contribution in [1.82, 2.24) is 10.2 Å². The summed E-state index contributed by atoms with van der Waals surface area (Å²) in [6, 6.07) is 22.7. The third-order valence-corrected chi connectivity index (χ3v) is 7.30. The summed E-state index contributed by atoms with van der Waals surface area (Å²) in [4.78, 5) is 42.2. The van der Waals surface area contributed by atoms with Crippen LogP contribution in [0.15, 0.2) is 78.9 Å². The van der Waals surface area contributed by atoms with Gasteiger partial charge in [-0.2, -0.15) is 0 Å². The smallest absolute Gasteiger partial charge is 0.311 e. The number of amides is 2. The Morgan fingerprint density at radius 2 is 1.54 bits per heavy atom. The van der Waals surface area contributed by atoms with Gasteiger partial charge in [-0.25, -0.2) is 0 Å². The number of carbonyl (C=O) groups is 3. The second-order valence-corrected chi connectivity index (χ2v) is 10.8. The van der Waals surface area contributed by atoms with Crippen molar-refractivity contribution >= 4 is 17.8 Å². The standard InChI is InChI=1S/C32H36N2O5/c1-32(2,3)24-15-13-22(14-16-24)28-26(31(37)39-5)19-27(34(28)30(36)23-9-7-6-8-10-23)29(35)33-20-21-11-17-25(38-4)18-12-21/h6-18,26-28H,19-20H2,1-5H3,(H,33,35). The molecule has 0 aliphatic carbocycles. The molecule has 1 aliphatic heterocycles. The highest BCUT2D eigenvalue weighted by Crippen LogP contribution is 2.43. The van der Waals surface area contributed by atoms with Gasteiger partial charge < -0.3 is 19.7 Å². The lowest BCUT2D eigenvalue weighted by Crippen LogP contribution is -2.46. The van der Waals surface area contributed by atoms with Crippen LogP contribution in [0.25, 0.3) is 0 Å². The van der Waals surface area contributed by atoms with E-state index >= 15 is 0 Å². The van der Waals surface area contributed by atoms with Gasteiger partial charge in [-0.05, 0) is 52.8 Å². The van der Waals surface area contributed by atoms with Gasteiger partial charge in [0.2, 0.25) is 5.91 Å². The fourth-order valence-electron chi connectivity index (χ4n) is 5.10. The number of carbonyl (C=O) groups excluding carboxylic acids is 3. The third kappa shape index (κ3) is 6.14. The molecule has 0 radical (unpaired) electrons. The van der Waals surface area contributed by atoms with Crippen molar-refractivity contribution in [3.63, 3.8) is 0 Å². The Morgan fingerprint density at radius 3 is 2.10 bits per heavy atom. The molecule has 39 heavy (non-hydrogen) atoms. The fourth-order valence-corrected chi connectivity index (χ4v) is 5.10. The maximum atomic E-state index is 14.0. The van der Waals surface area contributed by atoms with Crippen LogP contribution in [0.4, 0.5) is 0 Å². The molecule has 0 bridgehead atoms. The summed E-state index contributed by atoms with van der Waals surface area (Å²) in [5, 5.41) is 2.97. The minimum absolute atomic E-state index is 0.0562. The topological polar surface area (TPSA) is 84.9 Å². The lowest BCUT2D eigenvalue weighted by Gasteiger charge is -2.32. The zero-order valence-electron chi connectivity index (χ0n) is 23.1. The van der Waals surface area contributed by atoms with Crippen LogP contribution >= 0.6 is 0 Å². The van der Waals surface area contributed by atoms with Gasteiger partial charge in [0.05, 0.1) is 26.2 Å². The first-order chi connectivity index (χ1) is 18.6. The zero-order chi connectivity index (χ0) is 28.2. The molecular formula is C32H36N2O5. The minimum Gasteiger partial charge on any atom is -0.497 e. The van der Waals surface area contributed by atoms with Crippen molar-refractivity contribution in [2.24, 2.45) is 5.92 Å². The van der Waals surface area contributed by atoms with Crippen LogP contribution in [0.2, 0.25) is 0 Å². The predicted molar refractivity (Wildman–Crippen MR) is 149 cm³/mol. The molecule has 1 aliphatic rings. The average molecular weight is 529 g/mol. The Hall–Kier alpha value is -4.13. The zero-order valence-corrected chi connectivity index (χ0v) is 23.1. The number of benzene rings is 3. The Morgan fingerprint density at radius 1 is 0.897 bits per heavy atom. The first-order valence-corrected chi connectivity index (χ1v) is 13.1. The van der Waals surface area contributed by atoms with E-state index in [0.29, 0.717) is 5.56 Å². The summed E-state index contributed by atoms with van der Waals surface area (Å²) < 4.78 is 10.4. The van der Waals surface area contributed by atoms with Crippen molar-refractivity contribution in [3.8, 4) is 5.75 Å². The lowest BCUT2D eigenvalue weighted by atomic mass is 9.85. The highest BCUT2D eigenvalue weighted by Gasteiger charge is 2.51. The molecule has 3 unspecified atom stereocenters. The molecule has 2 amide bonds. The van der Waals surface area contributed by atoms with Crippen molar-refractivity contribution in [2.75, 3.05) is 14.2 Å². The van der Waals surface area contributed by atoms with Crippen LogP contribution in [-0.4, -0.2) is 42.9 Å². The molecule has 0 spiro atoms. The molecule has 1 N–H and O–H groups in total. The van der Waals surface area contributed by atoms with E-state index in [0.717, 1.165) is 22.4 Å². The van der Waals surface area contributed by atoms with Gasteiger partial charge in [-0.15, -0.1) is 0 Å². The molecule has 0 aromatic heterocycles. The number of hydrogen-bond acceptors (Lipinski definition) is 5. The molecule has 204 valence electrons. The molecule has 3 aromatic carbocycles. The number of ether oxygens (including phenoxy) is 2. The summed E-state index contributed by atoms with van der Waals surface area (Å²) in [5.74, 6) is -1.05. The third-order valence-electron chi connectivity index (χ3n) is 7.30. The Balaban J connectivity index is 1.70. The molecule has 7 nitrogen and oxygen atoms in total. The van der Waals surface area contributed by atoms with E-state index in [-0.39, 0.29) is 30.2 Å². The van der Waals surface area contributed by atoms with Crippen LogP contribution in [-0.2, 0) is 26.3 Å². The van der Waals surface area contributed by atoms with Gasteiger partial charge in [-0.3, -0.25) is 14.4 Å². The Labute approximate surface area is 230 Å². The SMILES string of the molecule is COC(=O)C1CC(C(=O)NCc2ccc(OC)cc2)N(C(=O)c2ccccc2)C1c1ccc(C(C)(C)C)cc1. The van der Waals surface area contributed by atoms with E-state index in [2.05, 4.69) is 26.1 Å². The quantitative estimate of drug-likeness (QED) is 0.434. The largest absolute Gasteiger partial charge is 0.497 e. The number of rotatable bonds is 7. The van der Waals surface area contributed by atoms with E-state index in [1.54, 1.807) is 36.3 Å². The molecule has 7 heteroatoms. The van der Waals surface area contributed by atoms with Gasteiger partial charge in [0.1, 0.15) is 11.8 Å². The first kappa shape index (κ1) is 27.9. The molecule has 1 saturated heterocycles. The highest BCUT2D eigenvalue weighted by atomic mass is 16.5. The molecule has 3 atom stereocenters. The molecular weight excluding hydrogens is 492 g/mol. The monoisotopic (exact) mass is 528 g/mol. The lowest BCUT2D eigenvalue weighted by molar-refractivity contribution is -0.146. The molecule has 3 aromatic rings. The molecule has 1 fully saturated rings. The van der Waals surface area contributed by atoms with Crippen LogP contribution in [0.3, 0.4) is 0 Å². The van der Waals surface area contributed by atoms with Gasteiger partial charge >= 0.3 is 5.97 Å². The summed E-state index contributed by atoms with van der Waals surface area (Å²) in [5.41, 5.74) is 3.20. The number of esters is 1.